The normalized spacial score (nSPS) is 20.5. The molecule has 3 nitrogen and oxygen atoms in total. The maximum Gasteiger partial charge on any atom is 0.225 e. The van der Waals surface area contributed by atoms with Crippen molar-refractivity contribution in [2.24, 2.45) is 11.8 Å². The molecule has 2 fully saturated rings. The summed E-state index contributed by atoms with van der Waals surface area (Å²) in [4.78, 5) is 14.5. The molecular formula is C19H27FN2O. The molecule has 0 spiro atoms. The summed E-state index contributed by atoms with van der Waals surface area (Å²) in [6.45, 7) is 4.69. The zero-order valence-electron chi connectivity index (χ0n) is 13.9. The molecule has 1 aliphatic heterocycles. The van der Waals surface area contributed by atoms with Crippen molar-refractivity contribution in [2.45, 2.75) is 45.1 Å². The van der Waals surface area contributed by atoms with E-state index in [0.29, 0.717) is 18.0 Å². The smallest absolute Gasteiger partial charge is 0.225 e. The van der Waals surface area contributed by atoms with Crippen LogP contribution in [0.25, 0.3) is 0 Å². The molecule has 1 unspecified atom stereocenters. The van der Waals surface area contributed by atoms with Crippen LogP contribution < -0.4 is 5.32 Å². The first-order valence-corrected chi connectivity index (χ1v) is 8.89. The van der Waals surface area contributed by atoms with Crippen molar-refractivity contribution >= 4 is 5.91 Å². The molecule has 1 heterocycles. The van der Waals surface area contributed by atoms with Gasteiger partial charge in [-0.1, -0.05) is 25.1 Å². The molecule has 1 aromatic carbocycles. The second-order valence-corrected chi connectivity index (χ2v) is 7.15. The Morgan fingerprint density at radius 3 is 2.61 bits per heavy atom. The Bertz CT molecular complexity index is 536. The zero-order chi connectivity index (χ0) is 16.2. The number of piperidine rings is 1. The van der Waals surface area contributed by atoms with E-state index in [1.165, 1.54) is 18.9 Å². The number of amides is 1. The summed E-state index contributed by atoms with van der Waals surface area (Å²) in [6, 6.07) is 7.30. The van der Waals surface area contributed by atoms with Gasteiger partial charge in [-0.3, -0.25) is 4.79 Å². The van der Waals surface area contributed by atoms with Crippen LogP contribution >= 0.6 is 0 Å². The van der Waals surface area contributed by atoms with Gasteiger partial charge in [0, 0.05) is 25.0 Å². The first kappa shape index (κ1) is 16.4. The van der Waals surface area contributed by atoms with Gasteiger partial charge in [0.05, 0.1) is 0 Å². The predicted molar refractivity (Wildman–Crippen MR) is 89.6 cm³/mol. The van der Waals surface area contributed by atoms with Crippen molar-refractivity contribution in [3.8, 4) is 0 Å². The highest BCUT2D eigenvalue weighted by atomic mass is 19.1. The minimum atomic E-state index is -0.213. The van der Waals surface area contributed by atoms with Crippen LogP contribution in [-0.2, 0) is 11.2 Å². The third-order valence-electron chi connectivity index (χ3n) is 5.10. The first-order valence-electron chi connectivity index (χ1n) is 8.89. The largest absolute Gasteiger partial charge is 0.342 e. The van der Waals surface area contributed by atoms with E-state index in [0.717, 1.165) is 38.4 Å². The monoisotopic (exact) mass is 318 g/mol. The number of carbonyl (C=O) groups excluding carboxylic acids is 1. The Hall–Kier alpha value is -1.42. The Balaban J connectivity index is 1.45. The zero-order valence-corrected chi connectivity index (χ0v) is 13.9. The van der Waals surface area contributed by atoms with Crippen LogP contribution in [0.2, 0.25) is 0 Å². The van der Waals surface area contributed by atoms with Crippen LogP contribution in [0.15, 0.2) is 24.3 Å². The van der Waals surface area contributed by atoms with Crippen LogP contribution in [0.5, 0.6) is 0 Å². The third kappa shape index (κ3) is 4.54. The Labute approximate surface area is 138 Å². The molecule has 2 aliphatic rings. The van der Waals surface area contributed by atoms with Crippen molar-refractivity contribution in [1.29, 1.82) is 0 Å². The summed E-state index contributed by atoms with van der Waals surface area (Å²) >= 11 is 0. The van der Waals surface area contributed by atoms with Crippen molar-refractivity contribution in [3.05, 3.63) is 35.6 Å². The quantitative estimate of drug-likeness (QED) is 0.874. The van der Waals surface area contributed by atoms with Crippen LogP contribution in [0.3, 0.4) is 0 Å². The summed E-state index contributed by atoms with van der Waals surface area (Å²) in [5, 5.41) is 3.63. The van der Waals surface area contributed by atoms with E-state index in [1.54, 1.807) is 12.1 Å². The molecule has 1 amide bonds. The topological polar surface area (TPSA) is 32.3 Å². The van der Waals surface area contributed by atoms with Crippen LogP contribution in [0, 0.1) is 17.7 Å². The fourth-order valence-electron chi connectivity index (χ4n) is 3.35. The fourth-order valence-corrected chi connectivity index (χ4v) is 3.35. The van der Waals surface area contributed by atoms with E-state index in [2.05, 4.69) is 5.32 Å². The molecule has 1 saturated heterocycles. The van der Waals surface area contributed by atoms with E-state index in [4.69, 9.17) is 0 Å². The molecule has 3 rings (SSSR count). The molecule has 0 bridgehead atoms. The van der Waals surface area contributed by atoms with Gasteiger partial charge in [-0.05, 0) is 56.2 Å². The molecule has 126 valence electrons. The highest BCUT2D eigenvalue weighted by Crippen LogP contribution is 2.28. The van der Waals surface area contributed by atoms with Crippen molar-refractivity contribution in [1.82, 2.24) is 10.2 Å². The lowest BCUT2D eigenvalue weighted by atomic mass is 9.97. The Morgan fingerprint density at radius 1 is 1.26 bits per heavy atom. The second-order valence-electron chi connectivity index (χ2n) is 7.15. The van der Waals surface area contributed by atoms with Crippen LogP contribution in [0.4, 0.5) is 4.39 Å². The summed E-state index contributed by atoms with van der Waals surface area (Å²) in [5.74, 6) is 0.683. The number of carbonyl (C=O) groups is 1. The molecule has 1 saturated carbocycles. The molecule has 1 N–H and O–H groups in total. The highest BCUT2D eigenvalue weighted by Gasteiger charge is 2.28. The maximum atomic E-state index is 13.7. The van der Waals surface area contributed by atoms with Gasteiger partial charge < -0.3 is 10.2 Å². The van der Waals surface area contributed by atoms with Gasteiger partial charge in [0.1, 0.15) is 5.82 Å². The number of benzene rings is 1. The molecule has 0 radical (unpaired) electrons. The second kappa shape index (κ2) is 7.43. The van der Waals surface area contributed by atoms with Gasteiger partial charge >= 0.3 is 0 Å². The molecule has 1 atom stereocenters. The predicted octanol–water partition coefficient (Wildman–Crippen LogP) is 2.99. The van der Waals surface area contributed by atoms with Gasteiger partial charge in [-0.15, -0.1) is 0 Å². The summed E-state index contributed by atoms with van der Waals surface area (Å²) in [6.07, 6.45) is 5.29. The standard InChI is InChI=1S/C19H27FN2O/c1-14(12-16-4-2-3-5-18(16)20)19(23)22-10-8-17(9-11-22)21-13-15-6-7-15/h2-5,14-15,17,21H,6-13H2,1H3. The van der Waals surface area contributed by atoms with E-state index >= 15 is 0 Å². The van der Waals surface area contributed by atoms with Gasteiger partial charge in [-0.25, -0.2) is 4.39 Å². The van der Waals surface area contributed by atoms with Crippen LogP contribution in [0.1, 0.15) is 38.2 Å². The van der Waals surface area contributed by atoms with Gasteiger partial charge in [0.2, 0.25) is 5.91 Å². The molecule has 4 heteroatoms. The summed E-state index contributed by atoms with van der Waals surface area (Å²) in [5.41, 5.74) is 0.634. The number of rotatable bonds is 6. The van der Waals surface area contributed by atoms with Gasteiger partial charge in [0.15, 0.2) is 0 Å². The fraction of sp³-hybridized carbons (Fsp3) is 0.632. The average Bonchev–Trinajstić information content (AvgIpc) is 3.39. The van der Waals surface area contributed by atoms with Crippen LogP contribution in [-0.4, -0.2) is 36.5 Å². The minimum absolute atomic E-state index is 0.161. The summed E-state index contributed by atoms with van der Waals surface area (Å²) in [7, 11) is 0. The minimum Gasteiger partial charge on any atom is -0.342 e. The van der Waals surface area contributed by atoms with Crippen molar-refractivity contribution < 1.29 is 9.18 Å². The van der Waals surface area contributed by atoms with E-state index in [1.807, 2.05) is 17.9 Å². The van der Waals surface area contributed by atoms with E-state index in [9.17, 15) is 9.18 Å². The number of halogens is 1. The SMILES string of the molecule is CC(Cc1ccccc1F)C(=O)N1CCC(NCC2CC2)CC1. The lowest BCUT2D eigenvalue weighted by molar-refractivity contribution is -0.136. The van der Waals surface area contributed by atoms with Gasteiger partial charge in [0.25, 0.3) is 0 Å². The Kier molecular flexibility index (Phi) is 5.31. The summed E-state index contributed by atoms with van der Waals surface area (Å²) < 4.78 is 13.7. The highest BCUT2D eigenvalue weighted by molar-refractivity contribution is 5.78. The molecule has 1 aromatic rings. The van der Waals surface area contributed by atoms with Crippen molar-refractivity contribution in [3.63, 3.8) is 0 Å². The maximum absolute atomic E-state index is 13.7. The number of nitrogens with one attached hydrogen (secondary N) is 1. The number of nitrogens with zero attached hydrogens (tertiary/aromatic N) is 1. The van der Waals surface area contributed by atoms with Gasteiger partial charge in [-0.2, -0.15) is 0 Å². The lowest BCUT2D eigenvalue weighted by Crippen LogP contribution is -2.47. The molecule has 23 heavy (non-hydrogen) atoms. The van der Waals surface area contributed by atoms with E-state index < -0.39 is 0 Å². The Morgan fingerprint density at radius 2 is 1.96 bits per heavy atom. The third-order valence-corrected chi connectivity index (χ3v) is 5.10. The number of hydrogen-bond acceptors (Lipinski definition) is 2. The lowest BCUT2D eigenvalue weighted by Gasteiger charge is -2.34. The average molecular weight is 318 g/mol. The molecule has 0 aromatic heterocycles. The first-order chi connectivity index (χ1) is 11.1. The number of likely N-dealkylation sites (tertiary alicyclic amines) is 1. The van der Waals surface area contributed by atoms with E-state index in [-0.39, 0.29) is 17.6 Å². The molecular weight excluding hydrogens is 291 g/mol. The van der Waals surface area contributed by atoms with Crippen molar-refractivity contribution in [2.75, 3.05) is 19.6 Å². The number of hydrogen-bond donors (Lipinski definition) is 1. The molecule has 1 aliphatic carbocycles.